The van der Waals surface area contributed by atoms with E-state index in [0.29, 0.717) is 16.8 Å². The van der Waals surface area contributed by atoms with Gasteiger partial charge in [-0.2, -0.15) is 0 Å². The smallest absolute Gasteiger partial charge is 0.307 e. The standard InChI is InChI=1S/C17H20N2O3/c1-4-19-11(2)9-14(12(19)3)17(22)18-15-8-6-5-7-13(15)10-16(20)21/h5-9H,4,10H2,1-3H3,(H,18,22)(H,20,21). The minimum absolute atomic E-state index is 0.121. The van der Waals surface area contributed by atoms with E-state index in [1.807, 2.05) is 26.8 Å². The highest BCUT2D eigenvalue weighted by atomic mass is 16.4. The van der Waals surface area contributed by atoms with Gasteiger partial charge in [-0.3, -0.25) is 9.59 Å². The molecule has 5 heteroatoms. The number of hydrogen-bond donors (Lipinski definition) is 2. The molecule has 0 bridgehead atoms. The van der Waals surface area contributed by atoms with Gasteiger partial charge < -0.3 is 15.0 Å². The molecule has 0 radical (unpaired) electrons. The number of carbonyl (C=O) groups excluding carboxylic acids is 1. The number of rotatable bonds is 5. The molecule has 22 heavy (non-hydrogen) atoms. The average molecular weight is 300 g/mol. The number of carboxylic acid groups (broad SMARTS) is 1. The molecule has 0 aliphatic carbocycles. The van der Waals surface area contributed by atoms with Gasteiger partial charge in [0.05, 0.1) is 12.0 Å². The summed E-state index contributed by atoms with van der Waals surface area (Å²) in [6.45, 7) is 6.71. The van der Waals surface area contributed by atoms with E-state index >= 15 is 0 Å². The lowest BCUT2D eigenvalue weighted by atomic mass is 10.1. The molecule has 0 spiro atoms. The van der Waals surface area contributed by atoms with Crippen LogP contribution in [-0.4, -0.2) is 21.6 Å². The summed E-state index contributed by atoms with van der Waals surface area (Å²) in [6, 6.07) is 8.81. The highest BCUT2D eigenvalue weighted by Crippen LogP contribution is 2.20. The van der Waals surface area contributed by atoms with Crippen LogP contribution in [0.15, 0.2) is 30.3 Å². The van der Waals surface area contributed by atoms with Gasteiger partial charge in [-0.1, -0.05) is 18.2 Å². The second kappa shape index (κ2) is 6.47. The molecule has 0 unspecified atom stereocenters. The zero-order valence-electron chi connectivity index (χ0n) is 13.0. The molecule has 1 aromatic carbocycles. The summed E-state index contributed by atoms with van der Waals surface area (Å²) in [5.41, 5.74) is 3.69. The number of carboxylic acids is 1. The van der Waals surface area contributed by atoms with E-state index in [1.54, 1.807) is 24.3 Å². The zero-order chi connectivity index (χ0) is 16.3. The maximum Gasteiger partial charge on any atom is 0.307 e. The molecule has 2 rings (SSSR count). The number of para-hydroxylation sites is 1. The van der Waals surface area contributed by atoms with Crippen LogP contribution in [0.2, 0.25) is 0 Å². The highest BCUT2D eigenvalue weighted by molar-refractivity contribution is 6.05. The Balaban J connectivity index is 2.28. The van der Waals surface area contributed by atoms with Crippen molar-refractivity contribution in [3.8, 4) is 0 Å². The quantitative estimate of drug-likeness (QED) is 0.891. The Morgan fingerprint density at radius 2 is 1.91 bits per heavy atom. The number of aromatic nitrogens is 1. The molecular weight excluding hydrogens is 280 g/mol. The Hall–Kier alpha value is -2.56. The Bertz CT molecular complexity index is 717. The van der Waals surface area contributed by atoms with Crippen LogP contribution >= 0.6 is 0 Å². The van der Waals surface area contributed by atoms with Crippen molar-refractivity contribution in [2.75, 3.05) is 5.32 Å². The van der Waals surface area contributed by atoms with E-state index in [-0.39, 0.29) is 12.3 Å². The van der Waals surface area contributed by atoms with Crippen molar-refractivity contribution >= 4 is 17.6 Å². The fourth-order valence-corrected chi connectivity index (χ4v) is 2.67. The predicted octanol–water partition coefficient (Wildman–Crippen LogP) is 3.00. The normalized spacial score (nSPS) is 10.5. The second-order valence-corrected chi connectivity index (χ2v) is 5.21. The van der Waals surface area contributed by atoms with Crippen LogP contribution in [-0.2, 0) is 17.8 Å². The predicted molar refractivity (Wildman–Crippen MR) is 85.3 cm³/mol. The monoisotopic (exact) mass is 300 g/mol. The number of aryl methyl sites for hydroxylation is 1. The molecule has 1 aromatic heterocycles. The second-order valence-electron chi connectivity index (χ2n) is 5.21. The molecule has 116 valence electrons. The molecule has 0 saturated heterocycles. The maximum absolute atomic E-state index is 12.5. The Kier molecular flexibility index (Phi) is 4.65. The summed E-state index contributed by atoms with van der Waals surface area (Å²) < 4.78 is 2.07. The van der Waals surface area contributed by atoms with Gasteiger partial charge in [0.15, 0.2) is 0 Å². The van der Waals surface area contributed by atoms with Crippen LogP contribution in [0.3, 0.4) is 0 Å². The molecule has 0 atom stereocenters. The Morgan fingerprint density at radius 1 is 1.23 bits per heavy atom. The fourth-order valence-electron chi connectivity index (χ4n) is 2.67. The van der Waals surface area contributed by atoms with Crippen molar-refractivity contribution in [1.82, 2.24) is 4.57 Å². The van der Waals surface area contributed by atoms with Crippen molar-refractivity contribution < 1.29 is 14.7 Å². The Labute approximate surface area is 129 Å². The van der Waals surface area contributed by atoms with Gasteiger partial charge in [0.2, 0.25) is 0 Å². The highest BCUT2D eigenvalue weighted by Gasteiger charge is 2.16. The lowest BCUT2D eigenvalue weighted by molar-refractivity contribution is -0.136. The van der Waals surface area contributed by atoms with Gasteiger partial charge in [0, 0.05) is 23.6 Å². The number of amides is 1. The van der Waals surface area contributed by atoms with Crippen molar-refractivity contribution in [3.63, 3.8) is 0 Å². The first-order valence-electron chi connectivity index (χ1n) is 7.21. The van der Waals surface area contributed by atoms with Gasteiger partial charge in [-0.15, -0.1) is 0 Å². The van der Waals surface area contributed by atoms with Gasteiger partial charge >= 0.3 is 5.97 Å². The summed E-state index contributed by atoms with van der Waals surface area (Å²) in [4.78, 5) is 23.4. The van der Waals surface area contributed by atoms with Crippen LogP contribution in [0.4, 0.5) is 5.69 Å². The summed E-state index contributed by atoms with van der Waals surface area (Å²) in [5, 5.41) is 11.8. The lowest BCUT2D eigenvalue weighted by Crippen LogP contribution is -2.15. The fraction of sp³-hybridized carbons (Fsp3) is 0.294. The lowest BCUT2D eigenvalue weighted by Gasteiger charge is -2.10. The molecule has 5 nitrogen and oxygen atoms in total. The minimum Gasteiger partial charge on any atom is -0.481 e. The van der Waals surface area contributed by atoms with Crippen LogP contribution in [0.25, 0.3) is 0 Å². The van der Waals surface area contributed by atoms with Crippen LogP contribution < -0.4 is 5.32 Å². The number of aliphatic carboxylic acids is 1. The summed E-state index contributed by atoms with van der Waals surface area (Å²) >= 11 is 0. The van der Waals surface area contributed by atoms with Gasteiger partial charge in [-0.25, -0.2) is 0 Å². The first-order chi connectivity index (χ1) is 10.4. The number of nitrogens with one attached hydrogen (secondary N) is 1. The third kappa shape index (κ3) is 3.19. The molecule has 0 fully saturated rings. The molecule has 0 saturated carbocycles. The van der Waals surface area contributed by atoms with Gasteiger partial charge in [0.25, 0.3) is 5.91 Å². The van der Waals surface area contributed by atoms with Crippen molar-refractivity contribution in [3.05, 3.63) is 52.8 Å². The molecule has 0 aliphatic heterocycles. The average Bonchev–Trinajstić information content (AvgIpc) is 2.75. The van der Waals surface area contributed by atoms with Crippen molar-refractivity contribution in [1.29, 1.82) is 0 Å². The summed E-state index contributed by atoms with van der Waals surface area (Å²) in [6.07, 6.45) is -0.121. The van der Waals surface area contributed by atoms with Crippen molar-refractivity contribution in [2.45, 2.75) is 33.7 Å². The SMILES string of the molecule is CCn1c(C)cc(C(=O)Nc2ccccc2CC(=O)O)c1C. The van der Waals surface area contributed by atoms with Gasteiger partial charge in [0.1, 0.15) is 0 Å². The van der Waals surface area contributed by atoms with Crippen LogP contribution in [0.5, 0.6) is 0 Å². The summed E-state index contributed by atoms with van der Waals surface area (Å²) in [7, 11) is 0. The number of carbonyl (C=O) groups is 2. The Morgan fingerprint density at radius 3 is 2.50 bits per heavy atom. The van der Waals surface area contributed by atoms with Gasteiger partial charge in [-0.05, 0) is 38.5 Å². The zero-order valence-corrected chi connectivity index (χ0v) is 13.0. The first kappa shape index (κ1) is 15.8. The third-order valence-corrected chi connectivity index (χ3v) is 3.74. The molecule has 0 aliphatic rings. The first-order valence-corrected chi connectivity index (χ1v) is 7.21. The van der Waals surface area contributed by atoms with E-state index in [4.69, 9.17) is 5.11 Å². The van der Waals surface area contributed by atoms with E-state index in [9.17, 15) is 9.59 Å². The minimum atomic E-state index is -0.925. The maximum atomic E-state index is 12.5. The number of nitrogens with zero attached hydrogens (tertiary/aromatic N) is 1. The molecule has 2 N–H and O–H groups in total. The van der Waals surface area contributed by atoms with E-state index in [0.717, 1.165) is 17.9 Å². The number of hydrogen-bond acceptors (Lipinski definition) is 2. The molecule has 1 amide bonds. The number of benzene rings is 1. The largest absolute Gasteiger partial charge is 0.481 e. The number of anilines is 1. The molecule has 1 heterocycles. The topological polar surface area (TPSA) is 71.3 Å². The third-order valence-electron chi connectivity index (χ3n) is 3.74. The van der Waals surface area contributed by atoms with E-state index in [1.165, 1.54) is 0 Å². The summed E-state index contributed by atoms with van der Waals surface area (Å²) in [5.74, 6) is -1.14. The molecular formula is C17H20N2O3. The van der Waals surface area contributed by atoms with E-state index in [2.05, 4.69) is 9.88 Å². The van der Waals surface area contributed by atoms with E-state index < -0.39 is 5.97 Å². The van der Waals surface area contributed by atoms with Crippen LogP contribution in [0, 0.1) is 13.8 Å². The van der Waals surface area contributed by atoms with Crippen LogP contribution in [0.1, 0.15) is 34.2 Å². The molecule has 2 aromatic rings. The van der Waals surface area contributed by atoms with Crippen molar-refractivity contribution in [2.24, 2.45) is 0 Å².